The highest BCUT2D eigenvalue weighted by atomic mass is 35.5. The van der Waals surface area contributed by atoms with E-state index in [1.807, 2.05) is 6.92 Å². The van der Waals surface area contributed by atoms with Crippen LogP contribution in [0, 0.1) is 13.8 Å². The number of carbonyl (C=O) groups excluding carboxylic acids is 1. The maximum absolute atomic E-state index is 12.3. The summed E-state index contributed by atoms with van der Waals surface area (Å²) in [6.07, 6.45) is 0.443. The van der Waals surface area contributed by atoms with Gasteiger partial charge in [-0.2, -0.15) is 0 Å². The van der Waals surface area contributed by atoms with E-state index in [0.717, 1.165) is 10.9 Å². The summed E-state index contributed by atoms with van der Waals surface area (Å²) < 4.78 is 28.5. The number of halogens is 1. The molecule has 0 unspecified atom stereocenters. The standard InChI is InChI=1S/C15H16ClNO4S/c1-8-5-13-11(6-12(8)16)9(2)14(21-13)15(18)17-10-3-4-22(19,20)7-10/h5-6,10H,3-4,7H2,1-2H3,(H,17,18)/t10-/m0/s1. The highest BCUT2D eigenvalue weighted by Crippen LogP contribution is 2.30. The van der Waals surface area contributed by atoms with Gasteiger partial charge in [-0.15, -0.1) is 0 Å². The summed E-state index contributed by atoms with van der Waals surface area (Å²) in [6, 6.07) is 3.22. The molecule has 1 atom stereocenters. The minimum Gasteiger partial charge on any atom is -0.451 e. The van der Waals surface area contributed by atoms with Crippen LogP contribution in [0.15, 0.2) is 16.5 Å². The Bertz CT molecular complexity index is 869. The Balaban J connectivity index is 1.90. The van der Waals surface area contributed by atoms with Crippen molar-refractivity contribution >= 4 is 38.3 Å². The highest BCUT2D eigenvalue weighted by molar-refractivity contribution is 7.91. The van der Waals surface area contributed by atoms with Gasteiger partial charge in [-0.05, 0) is 38.0 Å². The molecule has 1 aromatic heterocycles. The third-order valence-electron chi connectivity index (χ3n) is 3.99. The Labute approximate surface area is 133 Å². The molecule has 7 heteroatoms. The number of rotatable bonds is 2. The molecule has 1 aliphatic rings. The van der Waals surface area contributed by atoms with Crippen molar-refractivity contribution in [3.05, 3.63) is 34.0 Å². The van der Waals surface area contributed by atoms with Crippen LogP contribution in [0.3, 0.4) is 0 Å². The van der Waals surface area contributed by atoms with Gasteiger partial charge in [0.1, 0.15) is 5.58 Å². The van der Waals surface area contributed by atoms with Gasteiger partial charge in [0, 0.05) is 22.0 Å². The number of amides is 1. The van der Waals surface area contributed by atoms with Gasteiger partial charge in [-0.3, -0.25) is 4.79 Å². The Morgan fingerprint density at radius 3 is 2.73 bits per heavy atom. The number of fused-ring (bicyclic) bond motifs is 1. The number of nitrogens with one attached hydrogen (secondary N) is 1. The van der Waals surface area contributed by atoms with Gasteiger partial charge in [0.25, 0.3) is 5.91 Å². The molecule has 0 aliphatic carbocycles. The van der Waals surface area contributed by atoms with Crippen LogP contribution in [0.4, 0.5) is 0 Å². The predicted molar refractivity (Wildman–Crippen MR) is 85.2 cm³/mol. The summed E-state index contributed by atoms with van der Waals surface area (Å²) in [7, 11) is -3.03. The molecular weight excluding hydrogens is 326 g/mol. The molecule has 1 amide bonds. The van der Waals surface area contributed by atoms with Gasteiger partial charge in [-0.25, -0.2) is 8.42 Å². The summed E-state index contributed by atoms with van der Waals surface area (Å²) in [6.45, 7) is 3.65. The zero-order valence-corrected chi connectivity index (χ0v) is 13.8. The van der Waals surface area contributed by atoms with Gasteiger partial charge in [0.2, 0.25) is 0 Å². The van der Waals surface area contributed by atoms with E-state index in [0.29, 0.717) is 22.6 Å². The Hall–Kier alpha value is -1.53. The fourth-order valence-electron chi connectivity index (χ4n) is 2.72. The lowest BCUT2D eigenvalue weighted by Gasteiger charge is -2.09. The highest BCUT2D eigenvalue weighted by Gasteiger charge is 2.30. The van der Waals surface area contributed by atoms with E-state index in [1.54, 1.807) is 19.1 Å². The molecule has 0 spiro atoms. The molecule has 1 aliphatic heterocycles. The van der Waals surface area contributed by atoms with Crippen molar-refractivity contribution in [1.82, 2.24) is 5.32 Å². The third kappa shape index (κ3) is 2.73. The average molecular weight is 342 g/mol. The van der Waals surface area contributed by atoms with E-state index in [-0.39, 0.29) is 29.2 Å². The van der Waals surface area contributed by atoms with E-state index in [2.05, 4.69) is 5.32 Å². The van der Waals surface area contributed by atoms with Crippen LogP contribution in [-0.4, -0.2) is 31.9 Å². The molecule has 2 aromatic rings. The maximum atomic E-state index is 12.3. The zero-order chi connectivity index (χ0) is 16.1. The van der Waals surface area contributed by atoms with Crippen LogP contribution in [0.25, 0.3) is 11.0 Å². The number of hydrogen-bond acceptors (Lipinski definition) is 4. The fraction of sp³-hybridized carbons (Fsp3) is 0.400. The minimum atomic E-state index is -3.03. The molecule has 1 fully saturated rings. The number of benzene rings is 1. The molecule has 0 radical (unpaired) electrons. The summed E-state index contributed by atoms with van der Waals surface area (Å²) in [5.41, 5.74) is 2.18. The van der Waals surface area contributed by atoms with Gasteiger partial charge in [-0.1, -0.05) is 11.6 Å². The maximum Gasteiger partial charge on any atom is 0.287 e. The largest absolute Gasteiger partial charge is 0.451 e. The van der Waals surface area contributed by atoms with Gasteiger partial charge >= 0.3 is 0 Å². The Kier molecular flexibility index (Phi) is 3.69. The molecule has 1 saturated heterocycles. The molecule has 0 saturated carbocycles. The van der Waals surface area contributed by atoms with Crippen LogP contribution in [-0.2, 0) is 9.84 Å². The molecule has 0 bridgehead atoms. The first-order valence-electron chi connectivity index (χ1n) is 6.97. The normalized spacial score (nSPS) is 20.4. The smallest absolute Gasteiger partial charge is 0.287 e. The van der Waals surface area contributed by atoms with Crippen molar-refractivity contribution < 1.29 is 17.6 Å². The molecule has 2 heterocycles. The number of sulfone groups is 1. The molecule has 1 aromatic carbocycles. The second kappa shape index (κ2) is 5.28. The first-order chi connectivity index (χ1) is 10.3. The molecule has 118 valence electrons. The lowest BCUT2D eigenvalue weighted by molar-refractivity contribution is 0.0914. The van der Waals surface area contributed by atoms with Crippen LogP contribution in [0.5, 0.6) is 0 Å². The summed E-state index contributed by atoms with van der Waals surface area (Å²) in [5, 5.41) is 4.14. The minimum absolute atomic E-state index is 0.0110. The number of aryl methyl sites for hydroxylation is 2. The molecule has 22 heavy (non-hydrogen) atoms. The second-order valence-corrected chi connectivity index (χ2v) is 8.36. The van der Waals surface area contributed by atoms with Crippen LogP contribution >= 0.6 is 11.6 Å². The van der Waals surface area contributed by atoms with Crippen molar-refractivity contribution in [3.63, 3.8) is 0 Å². The Morgan fingerprint density at radius 2 is 2.09 bits per heavy atom. The number of furan rings is 1. The molecule has 3 rings (SSSR count). The van der Waals surface area contributed by atoms with Crippen LogP contribution < -0.4 is 5.32 Å². The summed E-state index contributed by atoms with van der Waals surface area (Å²) >= 11 is 6.11. The SMILES string of the molecule is Cc1cc2oc(C(=O)N[C@H]3CCS(=O)(=O)C3)c(C)c2cc1Cl. The summed E-state index contributed by atoms with van der Waals surface area (Å²) in [5.74, 6) is -0.0695. The summed E-state index contributed by atoms with van der Waals surface area (Å²) in [4.78, 5) is 12.3. The number of carbonyl (C=O) groups is 1. The second-order valence-electron chi connectivity index (χ2n) is 5.73. The van der Waals surface area contributed by atoms with Crippen LogP contribution in [0.2, 0.25) is 5.02 Å². The predicted octanol–water partition coefficient (Wildman–Crippen LogP) is 2.62. The first-order valence-corrected chi connectivity index (χ1v) is 9.17. The molecule has 5 nitrogen and oxygen atoms in total. The fourth-order valence-corrected chi connectivity index (χ4v) is 4.55. The quantitative estimate of drug-likeness (QED) is 0.911. The third-order valence-corrected chi connectivity index (χ3v) is 6.17. The lowest BCUT2D eigenvalue weighted by Crippen LogP contribution is -2.35. The molecule has 1 N–H and O–H groups in total. The first kappa shape index (κ1) is 15.4. The van der Waals surface area contributed by atoms with Crippen molar-refractivity contribution in [1.29, 1.82) is 0 Å². The number of hydrogen-bond donors (Lipinski definition) is 1. The van der Waals surface area contributed by atoms with Gasteiger partial charge in [0.05, 0.1) is 11.5 Å². The van der Waals surface area contributed by atoms with Crippen molar-refractivity contribution in [2.45, 2.75) is 26.3 Å². The monoisotopic (exact) mass is 341 g/mol. The van der Waals surface area contributed by atoms with Gasteiger partial charge < -0.3 is 9.73 Å². The van der Waals surface area contributed by atoms with E-state index in [1.165, 1.54) is 0 Å². The van der Waals surface area contributed by atoms with E-state index >= 15 is 0 Å². The van der Waals surface area contributed by atoms with E-state index in [9.17, 15) is 13.2 Å². The molecular formula is C15H16ClNO4S. The van der Waals surface area contributed by atoms with Crippen molar-refractivity contribution in [2.75, 3.05) is 11.5 Å². The average Bonchev–Trinajstić information content (AvgIpc) is 2.92. The topological polar surface area (TPSA) is 76.4 Å². The van der Waals surface area contributed by atoms with Gasteiger partial charge in [0.15, 0.2) is 15.6 Å². The van der Waals surface area contributed by atoms with E-state index in [4.69, 9.17) is 16.0 Å². The van der Waals surface area contributed by atoms with Crippen LogP contribution in [0.1, 0.15) is 28.1 Å². The van der Waals surface area contributed by atoms with Crippen molar-refractivity contribution in [2.24, 2.45) is 0 Å². The lowest BCUT2D eigenvalue weighted by atomic mass is 10.1. The Morgan fingerprint density at radius 1 is 1.36 bits per heavy atom. The van der Waals surface area contributed by atoms with E-state index < -0.39 is 9.84 Å². The van der Waals surface area contributed by atoms with Crippen molar-refractivity contribution in [3.8, 4) is 0 Å². The zero-order valence-electron chi connectivity index (χ0n) is 12.3.